The highest BCUT2D eigenvalue weighted by Crippen LogP contribution is 1.90. The number of hydrogen-bond acceptors (Lipinski definition) is 2. The van der Waals surface area contributed by atoms with Gasteiger partial charge in [-0.3, -0.25) is 4.48 Å². The van der Waals surface area contributed by atoms with Crippen molar-refractivity contribution in [2.24, 2.45) is 0 Å². The van der Waals surface area contributed by atoms with Gasteiger partial charge in [-0.25, -0.2) is 4.79 Å². The van der Waals surface area contributed by atoms with Gasteiger partial charge in [-0.2, -0.15) is 0 Å². The van der Waals surface area contributed by atoms with E-state index in [2.05, 4.69) is 6.58 Å². The standard InChI is InChI=1S/C7H14NO2/c1-5-7(9)10-6-8(2,3)4/h5H,1,6H2,2-4H3/q+1. The van der Waals surface area contributed by atoms with Crippen molar-refractivity contribution in [3.8, 4) is 0 Å². The molecular weight excluding hydrogens is 130 g/mol. The minimum Gasteiger partial charge on any atom is -0.412 e. The summed E-state index contributed by atoms with van der Waals surface area (Å²) in [6, 6.07) is 0. The first-order chi connectivity index (χ1) is 4.45. The summed E-state index contributed by atoms with van der Waals surface area (Å²) >= 11 is 0. The predicted molar refractivity (Wildman–Crippen MR) is 39.2 cm³/mol. The van der Waals surface area contributed by atoms with Crippen molar-refractivity contribution in [2.45, 2.75) is 0 Å². The second-order valence-electron chi connectivity index (χ2n) is 3.09. The van der Waals surface area contributed by atoms with Crippen molar-refractivity contribution in [1.29, 1.82) is 0 Å². The fourth-order valence-electron chi connectivity index (χ4n) is 0.316. The Hall–Kier alpha value is -0.830. The van der Waals surface area contributed by atoms with Gasteiger partial charge in [0.2, 0.25) is 6.73 Å². The van der Waals surface area contributed by atoms with Crippen LogP contribution < -0.4 is 0 Å². The molecule has 0 aromatic rings. The van der Waals surface area contributed by atoms with E-state index in [1.165, 1.54) is 0 Å². The molecule has 0 aromatic heterocycles. The van der Waals surface area contributed by atoms with Gasteiger partial charge in [0.1, 0.15) is 0 Å². The molecule has 0 heterocycles. The summed E-state index contributed by atoms with van der Waals surface area (Å²) in [6.07, 6.45) is 1.16. The van der Waals surface area contributed by atoms with Gasteiger partial charge in [0.25, 0.3) is 0 Å². The predicted octanol–water partition coefficient (Wildman–Crippen LogP) is 0.379. The molecule has 0 aromatic carbocycles. The molecule has 58 valence electrons. The third-order valence-electron chi connectivity index (χ3n) is 0.761. The van der Waals surface area contributed by atoms with Crippen LogP contribution in [0, 0.1) is 0 Å². The molecule has 0 unspecified atom stereocenters. The quantitative estimate of drug-likeness (QED) is 0.248. The van der Waals surface area contributed by atoms with Crippen molar-refractivity contribution in [3.63, 3.8) is 0 Å². The number of carbonyl (C=O) groups is 1. The third kappa shape index (κ3) is 5.31. The molecule has 0 rings (SSSR count). The number of esters is 1. The first-order valence-electron chi connectivity index (χ1n) is 3.05. The molecule has 3 nitrogen and oxygen atoms in total. The van der Waals surface area contributed by atoms with E-state index in [1.807, 2.05) is 21.1 Å². The SMILES string of the molecule is C=CC(=O)OC[N+](C)(C)C. The Morgan fingerprint density at radius 3 is 2.40 bits per heavy atom. The van der Waals surface area contributed by atoms with E-state index in [4.69, 9.17) is 4.74 Å². The van der Waals surface area contributed by atoms with Crippen molar-refractivity contribution in [2.75, 3.05) is 27.9 Å². The fraction of sp³-hybridized carbons (Fsp3) is 0.571. The van der Waals surface area contributed by atoms with E-state index < -0.39 is 0 Å². The molecule has 10 heavy (non-hydrogen) atoms. The molecule has 0 amide bonds. The molecule has 0 fully saturated rings. The molecule has 0 radical (unpaired) electrons. The molecular formula is C7H14NO2+. The number of nitrogens with zero attached hydrogens (tertiary/aromatic N) is 1. The number of hydrogen-bond donors (Lipinski definition) is 0. The summed E-state index contributed by atoms with van der Waals surface area (Å²) in [6.45, 7) is 3.66. The van der Waals surface area contributed by atoms with Crippen LogP contribution in [0.5, 0.6) is 0 Å². The van der Waals surface area contributed by atoms with Gasteiger partial charge >= 0.3 is 5.97 Å². The molecule has 0 aliphatic heterocycles. The highest BCUT2D eigenvalue weighted by molar-refractivity contribution is 5.81. The lowest BCUT2D eigenvalue weighted by Crippen LogP contribution is -2.37. The van der Waals surface area contributed by atoms with Gasteiger partial charge in [0, 0.05) is 6.08 Å². The smallest absolute Gasteiger partial charge is 0.334 e. The Morgan fingerprint density at radius 1 is 1.60 bits per heavy atom. The molecule has 0 aliphatic carbocycles. The van der Waals surface area contributed by atoms with Crippen LogP contribution >= 0.6 is 0 Å². The molecule has 0 spiro atoms. The van der Waals surface area contributed by atoms with Crippen molar-refractivity contribution < 1.29 is 14.0 Å². The first kappa shape index (κ1) is 9.17. The van der Waals surface area contributed by atoms with E-state index >= 15 is 0 Å². The second kappa shape index (κ2) is 3.37. The lowest BCUT2D eigenvalue weighted by molar-refractivity contribution is -0.888. The van der Waals surface area contributed by atoms with Crippen LogP contribution in [0.3, 0.4) is 0 Å². The van der Waals surface area contributed by atoms with E-state index in [1.54, 1.807) is 0 Å². The minimum absolute atomic E-state index is 0.368. The monoisotopic (exact) mass is 144 g/mol. The van der Waals surface area contributed by atoms with Gasteiger partial charge in [-0.1, -0.05) is 6.58 Å². The van der Waals surface area contributed by atoms with Crippen LogP contribution in [0.15, 0.2) is 12.7 Å². The van der Waals surface area contributed by atoms with E-state index in [0.29, 0.717) is 11.2 Å². The largest absolute Gasteiger partial charge is 0.412 e. The molecule has 0 saturated heterocycles. The van der Waals surface area contributed by atoms with Crippen LogP contribution in [0.1, 0.15) is 0 Å². The zero-order chi connectivity index (χ0) is 8.20. The highest BCUT2D eigenvalue weighted by Gasteiger charge is 2.07. The van der Waals surface area contributed by atoms with Crippen LogP contribution in [0.25, 0.3) is 0 Å². The molecule has 0 atom stereocenters. The Kier molecular flexibility index (Phi) is 3.09. The Balaban J connectivity index is 3.55. The van der Waals surface area contributed by atoms with E-state index in [9.17, 15) is 4.79 Å². The van der Waals surface area contributed by atoms with Gasteiger partial charge in [0.15, 0.2) is 0 Å². The topological polar surface area (TPSA) is 26.3 Å². The summed E-state index contributed by atoms with van der Waals surface area (Å²) in [5.41, 5.74) is 0. The van der Waals surface area contributed by atoms with Crippen LogP contribution in [0.2, 0.25) is 0 Å². The van der Waals surface area contributed by atoms with Crippen LogP contribution in [-0.4, -0.2) is 38.3 Å². The maximum absolute atomic E-state index is 10.5. The Bertz CT molecular complexity index is 135. The first-order valence-corrected chi connectivity index (χ1v) is 3.05. The average molecular weight is 144 g/mol. The lowest BCUT2D eigenvalue weighted by Gasteiger charge is -2.22. The average Bonchev–Trinajstić information content (AvgIpc) is 1.81. The van der Waals surface area contributed by atoms with Gasteiger partial charge in [0.05, 0.1) is 21.1 Å². The van der Waals surface area contributed by atoms with Crippen molar-refractivity contribution >= 4 is 5.97 Å². The van der Waals surface area contributed by atoms with E-state index in [-0.39, 0.29) is 5.97 Å². The minimum atomic E-state index is -0.368. The maximum Gasteiger partial charge on any atom is 0.334 e. The lowest BCUT2D eigenvalue weighted by atomic mass is 10.6. The normalized spacial score (nSPS) is 10.7. The molecule has 3 heteroatoms. The van der Waals surface area contributed by atoms with Gasteiger partial charge in [-0.05, 0) is 0 Å². The highest BCUT2D eigenvalue weighted by atomic mass is 16.5. The van der Waals surface area contributed by atoms with Crippen molar-refractivity contribution in [1.82, 2.24) is 0 Å². The third-order valence-corrected chi connectivity index (χ3v) is 0.761. The Morgan fingerprint density at radius 2 is 2.10 bits per heavy atom. The van der Waals surface area contributed by atoms with Gasteiger partial charge in [-0.15, -0.1) is 0 Å². The summed E-state index contributed by atoms with van der Waals surface area (Å²) in [4.78, 5) is 10.5. The molecule has 0 saturated carbocycles. The fourth-order valence-corrected chi connectivity index (χ4v) is 0.316. The zero-order valence-electron chi connectivity index (χ0n) is 6.76. The number of quaternary nitrogens is 1. The van der Waals surface area contributed by atoms with Crippen molar-refractivity contribution in [3.05, 3.63) is 12.7 Å². The number of ether oxygens (including phenoxy) is 1. The van der Waals surface area contributed by atoms with Crippen LogP contribution in [0.4, 0.5) is 0 Å². The molecule has 0 aliphatic rings. The summed E-state index contributed by atoms with van der Waals surface area (Å²) < 4.78 is 5.38. The molecule has 0 bridgehead atoms. The van der Waals surface area contributed by atoms with Crippen LogP contribution in [-0.2, 0) is 9.53 Å². The van der Waals surface area contributed by atoms with E-state index in [0.717, 1.165) is 6.08 Å². The zero-order valence-corrected chi connectivity index (χ0v) is 6.76. The number of rotatable bonds is 3. The van der Waals surface area contributed by atoms with Gasteiger partial charge < -0.3 is 4.74 Å². The second-order valence-corrected chi connectivity index (χ2v) is 3.09. The number of carbonyl (C=O) groups excluding carboxylic acids is 1. The Labute approximate surface area is 61.5 Å². The summed E-state index contributed by atoms with van der Waals surface area (Å²) in [5, 5.41) is 0. The molecule has 0 N–H and O–H groups in total. The summed E-state index contributed by atoms with van der Waals surface area (Å²) in [7, 11) is 5.82. The summed E-state index contributed by atoms with van der Waals surface area (Å²) in [5.74, 6) is -0.368. The maximum atomic E-state index is 10.5.